The second-order valence-corrected chi connectivity index (χ2v) is 11.0. The fourth-order valence-corrected chi connectivity index (χ4v) is 5.66. The van der Waals surface area contributed by atoms with E-state index in [4.69, 9.17) is 4.98 Å². The summed E-state index contributed by atoms with van der Waals surface area (Å²) < 4.78 is 31.6. The maximum absolute atomic E-state index is 12.7. The topological polar surface area (TPSA) is 86.0 Å². The van der Waals surface area contributed by atoms with Gasteiger partial charge in [-0.25, -0.2) is 18.1 Å². The number of sulfonamides is 1. The molecule has 0 spiro atoms. The van der Waals surface area contributed by atoms with Crippen molar-refractivity contribution < 1.29 is 8.42 Å². The van der Waals surface area contributed by atoms with Gasteiger partial charge in [0.05, 0.1) is 11.4 Å². The Morgan fingerprint density at radius 3 is 2.50 bits per heavy atom. The molecule has 2 aromatic heterocycles. The minimum Gasteiger partial charge on any atom is -0.334 e. The molecular formula is C24H28N4O3S. The molecule has 0 amide bonds. The molecule has 5 rings (SSSR count). The molecule has 3 aromatic rings. The van der Waals surface area contributed by atoms with Crippen LogP contribution in [0.3, 0.4) is 0 Å². The van der Waals surface area contributed by atoms with Gasteiger partial charge in [0.15, 0.2) is 0 Å². The summed E-state index contributed by atoms with van der Waals surface area (Å²) in [5, 5.41) is 1.48. The smallest absolute Gasteiger partial charge is 0.258 e. The van der Waals surface area contributed by atoms with E-state index in [0.29, 0.717) is 11.3 Å². The summed E-state index contributed by atoms with van der Waals surface area (Å²) in [5.41, 5.74) is 3.62. The predicted molar refractivity (Wildman–Crippen MR) is 126 cm³/mol. The van der Waals surface area contributed by atoms with Crippen LogP contribution in [-0.2, 0) is 24.1 Å². The zero-order valence-corrected chi connectivity index (χ0v) is 19.6. The SMILES string of the molecule is CCS(=O)(=O)NC1C=C(c2cn(C)c(=O)c3ccccc23)c2nc(C3CC3)n(C)c2C1C. The molecule has 32 heavy (non-hydrogen) atoms. The third-order valence-corrected chi connectivity index (χ3v) is 8.16. The first-order valence-corrected chi connectivity index (χ1v) is 12.7. The summed E-state index contributed by atoms with van der Waals surface area (Å²) in [4.78, 5) is 17.8. The number of nitrogens with zero attached hydrogens (tertiary/aromatic N) is 3. The lowest BCUT2D eigenvalue weighted by Gasteiger charge is -2.29. The third-order valence-electron chi connectivity index (χ3n) is 6.76. The molecule has 0 radical (unpaired) electrons. The number of pyridine rings is 1. The Balaban J connectivity index is 1.78. The molecule has 1 aromatic carbocycles. The molecule has 7 nitrogen and oxygen atoms in total. The highest BCUT2D eigenvalue weighted by Crippen LogP contribution is 2.45. The first kappa shape index (κ1) is 21.2. The van der Waals surface area contributed by atoms with Crippen LogP contribution in [0, 0.1) is 0 Å². The van der Waals surface area contributed by atoms with Crippen LogP contribution in [0.15, 0.2) is 41.3 Å². The van der Waals surface area contributed by atoms with Gasteiger partial charge in [-0.2, -0.15) is 0 Å². The fraction of sp³-hybridized carbons (Fsp3) is 0.417. The highest BCUT2D eigenvalue weighted by Gasteiger charge is 2.37. The highest BCUT2D eigenvalue weighted by molar-refractivity contribution is 7.89. The zero-order valence-electron chi connectivity index (χ0n) is 18.8. The normalized spacial score (nSPS) is 20.9. The number of nitrogens with one attached hydrogen (secondary N) is 1. The summed E-state index contributed by atoms with van der Waals surface area (Å²) in [5.74, 6) is 1.47. The summed E-state index contributed by atoms with van der Waals surface area (Å²) in [6.07, 6.45) is 6.08. The van der Waals surface area contributed by atoms with E-state index in [0.717, 1.165) is 46.6 Å². The molecule has 2 heterocycles. The van der Waals surface area contributed by atoms with Gasteiger partial charge in [-0.3, -0.25) is 4.79 Å². The lowest BCUT2D eigenvalue weighted by molar-refractivity contribution is 0.533. The molecule has 1 saturated carbocycles. The lowest BCUT2D eigenvalue weighted by atomic mass is 9.84. The molecule has 0 saturated heterocycles. The quantitative estimate of drug-likeness (QED) is 0.645. The maximum atomic E-state index is 12.7. The highest BCUT2D eigenvalue weighted by atomic mass is 32.2. The van der Waals surface area contributed by atoms with Crippen molar-refractivity contribution in [1.82, 2.24) is 18.8 Å². The summed E-state index contributed by atoms with van der Waals surface area (Å²) in [6.45, 7) is 3.69. The lowest BCUT2D eigenvalue weighted by Crippen LogP contribution is -2.40. The van der Waals surface area contributed by atoms with Crippen molar-refractivity contribution in [2.45, 2.75) is 44.6 Å². The Morgan fingerprint density at radius 2 is 1.84 bits per heavy atom. The van der Waals surface area contributed by atoms with Crippen LogP contribution in [0.1, 0.15) is 61.3 Å². The van der Waals surface area contributed by atoms with Gasteiger partial charge in [0.2, 0.25) is 10.0 Å². The summed E-state index contributed by atoms with van der Waals surface area (Å²) in [7, 11) is 0.370. The fourth-order valence-electron chi connectivity index (χ4n) is 4.80. The molecule has 2 atom stereocenters. The number of benzene rings is 1. The van der Waals surface area contributed by atoms with Crippen LogP contribution in [-0.4, -0.2) is 34.3 Å². The number of aromatic nitrogens is 3. The van der Waals surface area contributed by atoms with Crippen LogP contribution in [0.4, 0.5) is 0 Å². The maximum Gasteiger partial charge on any atom is 0.258 e. The van der Waals surface area contributed by atoms with Gasteiger partial charge in [0.25, 0.3) is 5.56 Å². The van der Waals surface area contributed by atoms with Gasteiger partial charge in [0.1, 0.15) is 5.82 Å². The number of hydrogen-bond acceptors (Lipinski definition) is 4. The van der Waals surface area contributed by atoms with Gasteiger partial charge in [-0.15, -0.1) is 0 Å². The van der Waals surface area contributed by atoms with Crippen molar-refractivity contribution in [2.75, 3.05) is 5.75 Å². The van der Waals surface area contributed by atoms with Crippen LogP contribution in [0.2, 0.25) is 0 Å². The molecule has 2 aliphatic rings. The van der Waals surface area contributed by atoms with E-state index in [2.05, 4.69) is 9.29 Å². The van der Waals surface area contributed by atoms with Crippen molar-refractivity contribution in [3.05, 3.63) is 69.7 Å². The average Bonchev–Trinajstić information content (AvgIpc) is 3.55. The second-order valence-electron chi connectivity index (χ2n) is 8.96. The Bertz CT molecular complexity index is 1430. The number of hydrogen-bond donors (Lipinski definition) is 1. The van der Waals surface area contributed by atoms with Crippen LogP contribution >= 0.6 is 0 Å². The molecule has 1 fully saturated rings. The molecule has 8 heteroatoms. The summed E-state index contributed by atoms with van der Waals surface area (Å²) in [6, 6.07) is 7.16. The van der Waals surface area contributed by atoms with Crippen LogP contribution in [0.25, 0.3) is 16.3 Å². The Morgan fingerprint density at radius 1 is 1.16 bits per heavy atom. The van der Waals surface area contributed by atoms with Crippen molar-refractivity contribution >= 4 is 26.4 Å². The van der Waals surface area contributed by atoms with E-state index in [1.54, 1.807) is 18.5 Å². The monoisotopic (exact) mass is 452 g/mol. The molecule has 168 valence electrons. The van der Waals surface area contributed by atoms with E-state index < -0.39 is 16.1 Å². The number of fused-ring (bicyclic) bond motifs is 2. The van der Waals surface area contributed by atoms with E-state index in [9.17, 15) is 13.2 Å². The van der Waals surface area contributed by atoms with E-state index in [1.165, 1.54) is 0 Å². The van der Waals surface area contributed by atoms with Gasteiger partial charge >= 0.3 is 0 Å². The number of rotatable bonds is 5. The van der Waals surface area contributed by atoms with Gasteiger partial charge < -0.3 is 9.13 Å². The van der Waals surface area contributed by atoms with Crippen molar-refractivity contribution in [2.24, 2.45) is 14.1 Å². The van der Waals surface area contributed by atoms with E-state index in [-0.39, 0.29) is 17.2 Å². The molecule has 0 aliphatic heterocycles. The number of aryl methyl sites for hydroxylation is 1. The van der Waals surface area contributed by atoms with Crippen molar-refractivity contribution in [1.29, 1.82) is 0 Å². The average molecular weight is 453 g/mol. The number of imidazole rings is 1. The van der Waals surface area contributed by atoms with Crippen molar-refractivity contribution in [3.8, 4) is 0 Å². The Labute approximate surface area is 187 Å². The first-order chi connectivity index (χ1) is 15.2. The molecule has 0 bridgehead atoms. The van der Waals surface area contributed by atoms with Crippen LogP contribution in [0.5, 0.6) is 0 Å². The van der Waals surface area contributed by atoms with E-state index >= 15 is 0 Å². The van der Waals surface area contributed by atoms with Gasteiger partial charge in [-0.05, 0) is 31.2 Å². The zero-order chi connectivity index (χ0) is 22.8. The van der Waals surface area contributed by atoms with E-state index in [1.807, 2.05) is 50.5 Å². The largest absolute Gasteiger partial charge is 0.334 e. The second kappa shape index (κ2) is 7.42. The Hall–Kier alpha value is -2.71. The molecule has 2 unspecified atom stereocenters. The minimum absolute atomic E-state index is 0.0216. The predicted octanol–water partition coefficient (Wildman–Crippen LogP) is 3.01. The Kier molecular flexibility index (Phi) is 4.90. The molecule has 2 aliphatic carbocycles. The summed E-state index contributed by atoms with van der Waals surface area (Å²) >= 11 is 0. The first-order valence-electron chi connectivity index (χ1n) is 11.1. The third kappa shape index (κ3) is 3.33. The molecule has 1 N–H and O–H groups in total. The van der Waals surface area contributed by atoms with Crippen LogP contribution < -0.4 is 10.3 Å². The van der Waals surface area contributed by atoms with Crippen molar-refractivity contribution in [3.63, 3.8) is 0 Å². The molecular weight excluding hydrogens is 424 g/mol. The van der Waals surface area contributed by atoms with Gasteiger partial charge in [-0.1, -0.05) is 31.2 Å². The standard InChI is InChI=1S/C24H28N4O3S/c1-5-32(30,31)26-20-12-18(19-13-27(3)24(29)17-9-7-6-8-16(17)19)21-22(14(20)2)28(4)23(25-21)15-10-11-15/h6-9,12-15,20,26H,5,10-11H2,1-4H3. The van der Waals surface area contributed by atoms with Gasteiger partial charge in [0, 0.05) is 60.4 Å². The minimum atomic E-state index is -3.41.